The van der Waals surface area contributed by atoms with Gasteiger partial charge in [0.05, 0.1) is 7.11 Å². The first-order valence-electron chi connectivity index (χ1n) is 5.71. The molecule has 3 atom stereocenters. The molecule has 1 rings (SSSR count). The number of ether oxygens (including phenoxy) is 1. The SMILES string of the molecule is CCC1CCC(C)N1C(CN)C(=O)OC. The zero-order valence-corrected chi connectivity index (χ0v) is 9.90. The van der Waals surface area contributed by atoms with Gasteiger partial charge in [0.1, 0.15) is 6.04 Å². The lowest BCUT2D eigenvalue weighted by Gasteiger charge is -2.33. The zero-order chi connectivity index (χ0) is 11.4. The van der Waals surface area contributed by atoms with Crippen molar-refractivity contribution in [2.45, 2.75) is 51.2 Å². The van der Waals surface area contributed by atoms with Gasteiger partial charge in [-0.05, 0) is 26.2 Å². The van der Waals surface area contributed by atoms with Crippen LogP contribution in [0.3, 0.4) is 0 Å². The molecule has 1 heterocycles. The third-order valence-electron chi connectivity index (χ3n) is 3.38. The molecule has 15 heavy (non-hydrogen) atoms. The summed E-state index contributed by atoms with van der Waals surface area (Å²) in [5.74, 6) is -0.204. The third-order valence-corrected chi connectivity index (χ3v) is 3.38. The number of hydrogen-bond acceptors (Lipinski definition) is 4. The normalized spacial score (nSPS) is 29.1. The molecular weight excluding hydrogens is 192 g/mol. The van der Waals surface area contributed by atoms with E-state index in [2.05, 4.69) is 18.7 Å². The molecule has 1 aliphatic heterocycles. The lowest BCUT2D eigenvalue weighted by atomic mass is 10.1. The highest BCUT2D eigenvalue weighted by Gasteiger charge is 2.37. The number of rotatable bonds is 4. The van der Waals surface area contributed by atoms with E-state index in [1.807, 2.05) is 0 Å². The second kappa shape index (κ2) is 5.47. The van der Waals surface area contributed by atoms with Crippen molar-refractivity contribution >= 4 is 5.97 Å². The highest BCUT2D eigenvalue weighted by Crippen LogP contribution is 2.28. The number of esters is 1. The van der Waals surface area contributed by atoms with Crippen LogP contribution in [-0.4, -0.2) is 42.6 Å². The van der Waals surface area contributed by atoms with Crippen LogP contribution in [-0.2, 0) is 9.53 Å². The van der Waals surface area contributed by atoms with Gasteiger partial charge in [-0.15, -0.1) is 0 Å². The Morgan fingerprint density at radius 3 is 2.73 bits per heavy atom. The summed E-state index contributed by atoms with van der Waals surface area (Å²) in [6, 6.07) is 0.646. The summed E-state index contributed by atoms with van der Waals surface area (Å²) in [5, 5.41) is 0. The fourth-order valence-electron chi connectivity index (χ4n) is 2.54. The predicted molar refractivity (Wildman–Crippen MR) is 59.5 cm³/mol. The van der Waals surface area contributed by atoms with E-state index in [-0.39, 0.29) is 12.0 Å². The maximum absolute atomic E-state index is 11.6. The number of hydrogen-bond donors (Lipinski definition) is 1. The Morgan fingerprint density at radius 2 is 2.27 bits per heavy atom. The van der Waals surface area contributed by atoms with Crippen LogP contribution in [0.4, 0.5) is 0 Å². The van der Waals surface area contributed by atoms with E-state index in [9.17, 15) is 4.79 Å². The number of likely N-dealkylation sites (tertiary alicyclic amines) is 1. The summed E-state index contributed by atoms with van der Waals surface area (Å²) in [5.41, 5.74) is 5.67. The zero-order valence-electron chi connectivity index (χ0n) is 9.90. The minimum atomic E-state index is -0.266. The predicted octanol–water partition coefficient (Wildman–Crippen LogP) is 0.750. The maximum Gasteiger partial charge on any atom is 0.324 e. The summed E-state index contributed by atoms with van der Waals surface area (Å²) in [6.07, 6.45) is 3.37. The lowest BCUT2D eigenvalue weighted by Crippen LogP contribution is -2.51. The van der Waals surface area contributed by atoms with Gasteiger partial charge in [-0.1, -0.05) is 6.92 Å². The number of carbonyl (C=O) groups is 1. The summed E-state index contributed by atoms with van der Waals surface area (Å²) < 4.78 is 4.80. The first-order valence-corrected chi connectivity index (χ1v) is 5.71. The average molecular weight is 214 g/mol. The van der Waals surface area contributed by atoms with Crippen LogP contribution in [0.2, 0.25) is 0 Å². The molecule has 1 saturated heterocycles. The third kappa shape index (κ3) is 2.49. The Morgan fingerprint density at radius 1 is 1.60 bits per heavy atom. The smallest absolute Gasteiger partial charge is 0.324 e. The van der Waals surface area contributed by atoms with Gasteiger partial charge in [-0.25, -0.2) is 0 Å². The molecule has 0 aromatic carbocycles. The first-order chi connectivity index (χ1) is 7.15. The molecule has 88 valence electrons. The molecule has 0 aliphatic carbocycles. The van der Waals surface area contributed by atoms with Crippen LogP contribution in [0.5, 0.6) is 0 Å². The summed E-state index contributed by atoms with van der Waals surface area (Å²) >= 11 is 0. The number of nitrogens with zero attached hydrogens (tertiary/aromatic N) is 1. The minimum Gasteiger partial charge on any atom is -0.468 e. The number of carbonyl (C=O) groups excluding carboxylic acids is 1. The van der Waals surface area contributed by atoms with E-state index < -0.39 is 0 Å². The van der Waals surface area contributed by atoms with Crippen LogP contribution < -0.4 is 5.73 Å². The highest BCUT2D eigenvalue weighted by atomic mass is 16.5. The van der Waals surface area contributed by atoms with Crippen molar-refractivity contribution in [2.24, 2.45) is 5.73 Å². The molecule has 0 saturated carbocycles. The van der Waals surface area contributed by atoms with E-state index in [4.69, 9.17) is 10.5 Å². The van der Waals surface area contributed by atoms with Gasteiger partial charge in [-0.3, -0.25) is 9.69 Å². The Kier molecular flexibility index (Phi) is 4.54. The van der Waals surface area contributed by atoms with Crippen molar-refractivity contribution in [3.63, 3.8) is 0 Å². The van der Waals surface area contributed by atoms with E-state index >= 15 is 0 Å². The Labute approximate surface area is 91.8 Å². The molecule has 0 radical (unpaired) electrons. The van der Waals surface area contributed by atoms with Crippen molar-refractivity contribution in [3.05, 3.63) is 0 Å². The highest BCUT2D eigenvalue weighted by molar-refractivity contribution is 5.76. The topological polar surface area (TPSA) is 55.6 Å². The molecule has 0 aromatic rings. The molecule has 1 fully saturated rings. The van der Waals surface area contributed by atoms with Crippen LogP contribution in [0, 0.1) is 0 Å². The quantitative estimate of drug-likeness (QED) is 0.702. The molecule has 0 amide bonds. The monoisotopic (exact) mass is 214 g/mol. The minimum absolute atomic E-state index is 0.204. The number of methoxy groups -OCH3 is 1. The summed E-state index contributed by atoms with van der Waals surface area (Å²) in [4.78, 5) is 13.8. The van der Waals surface area contributed by atoms with Crippen LogP contribution in [0.1, 0.15) is 33.1 Å². The van der Waals surface area contributed by atoms with Gasteiger partial charge in [0.2, 0.25) is 0 Å². The molecule has 4 heteroatoms. The summed E-state index contributed by atoms with van der Waals surface area (Å²) in [7, 11) is 1.42. The fourth-order valence-corrected chi connectivity index (χ4v) is 2.54. The molecule has 1 aliphatic rings. The second-order valence-corrected chi connectivity index (χ2v) is 4.21. The van der Waals surface area contributed by atoms with Crippen LogP contribution in [0.15, 0.2) is 0 Å². The van der Waals surface area contributed by atoms with Gasteiger partial charge in [-0.2, -0.15) is 0 Å². The van der Waals surface area contributed by atoms with Crippen LogP contribution >= 0.6 is 0 Å². The molecule has 0 bridgehead atoms. The molecule has 3 unspecified atom stereocenters. The maximum atomic E-state index is 11.6. The summed E-state index contributed by atoms with van der Waals surface area (Å²) in [6.45, 7) is 4.65. The average Bonchev–Trinajstić information content (AvgIpc) is 2.61. The van der Waals surface area contributed by atoms with Gasteiger partial charge >= 0.3 is 5.97 Å². The van der Waals surface area contributed by atoms with E-state index in [0.717, 1.165) is 19.3 Å². The Hall–Kier alpha value is -0.610. The number of nitrogens with two attached hydrogens (primary N) is 1. The van der Waals surface area contributed by atoms with E-state index in [0.29, 0.717) is 18.6 Å². The lowest BCUT2D eigenvalue weighted by molar-refractivity contribution is -0.147. The van der Waals surface area contributed by atoms with Gasteiger partial charge in [0.25, 0.3) is 0 Å². The van der Waals surface area contributed by atoms with Gasteiger partial charge < -0.3 is 10.5 Å². The fraction of sp³-hybridized carbons (Fsp3) is 0.909. The second-order valence-electron chi connectivity index (χ2n) is 4.21. The van der Waals surface area contributed by atoms with Crippen molar-refractivity contribution in [3.8, 4) is 0 Å². The largest absolute Gasteiger partial charge is 0.468 e. The Balaban J connectivity index is 2.76. The molecule has 0 aromatic heterocycles. The van der Waals surface area contributed by atoms with Crippen molar-refractivity contribution in [2.75, 3.05) is 13.7 Å². The van der Waals surface area contributed by atoms with Crippen molar-refractivity contribution < 1.29 is 9.53 Å². The standard InChI is InChI=1S/C11H22N2O2/c1-4-9-6-5-8(2)13(9)10(7-12)11(14)15-3/h8-10H,4-7,12H2,1-3H3. The van der Waals surface area contributed by atoms with E-state index in [1.54, 1.807) is 0 Å². The molecule has 0 spiro atoms. The van der Waals surface area contributed by atoms with Crippen molar-refractivity contribution in [1.82, 2.24) is 4.90 Å². The van der Waals surface area contributed by atoms with Gasteiger partial charge in [0, 0.05) is 18.6 Å². The molecule has 4 nitrogen and oxygen atoms in total. The van der Waals surface area contributed by atoms with Crippen LogP contribution in [0.25, 0.3) is 0 Å². The van der Waals surface area contributed by atoms with E-state index in [1.165, 1.54) is 7.11 Å². The molecule has 2 N–H and O–H groups in total. The van der Waals surface area contributed by atoms with Gasteiger partial charge in [0.15, 0.2) is 0 Å². The Bertz CT molecular complexity index is 221. The molecular formula is C11H22N2O2. The first kappa shape index (κ1) is 12.5. The van der Waals surface area contributed by atoms with Crippen molar-refractivity contribution in [1.29, 1.82) is 0 Å².